The quantitative estimate of drug-likeness (QED) is 0.759. The monoisotopic (exact) mass is 224 g/mol. The van der Waals surface area contributed by atoms with Crippen LogP contribution in [0.5, 0.6) is 0 Å². The zero-order valence-corrected chi connectivity index (χ0v) is 9.06. The van der Waals surface area contributed by atoms with Crippen molar-refractivity contribution in [1.82, 2.24) is 4.90 Å². The molecule has 88 valence electrons. The first-order valence-corrected chi connectivity index (χ1v) is 5.47. The molecule has 1 aromatic heterocycles. The van der Waals surface area contributed by atoms with Crippen LogP contribution in [0.1, 0.15) is 29.2 Å². The van der Waals surface area contributed by atoms with E-state index in [2.05, 4.69) is 0 Å². The predicted molar refractivity (Wildman–Crippen MR) is 57.7 cm³/mol. The number of hydrogen-bond donors (Lipinski definition) is 2. The molecule has 1 fully saturated rings. The Bertz CT molecular complexity index is 367. The summed E-state index contributed by atoms with van der Waals surface area (Å²) in [7, 11) is 0. The molecule has 1 aromatic rings. The number of nitrogens with two attached hydrogens (primary N) is 1. The number of hydrogen-bond acceptors (Lipinski definition) is 4. The first-order valence-electron chi connectivity index (χ1n) is 5.47. The van der Waals surface area contributed by atoms with E-state index in [0.29, 0.717) is 44.0 Å². The van der Waals surface area contributed by atoms with E-state index >= 15 is 0 Å². The molecule has 1 aliphatic rings. The minimum Gasteiger partial charge on any atom is -0.455 e. The van der Waals surface area contributed by atoms with Crippen LogP contribution in [0, 0.1) is 0 Å². The molecule has 0 spiro atoms. The average Bonchev–Trinajstić information content (AvgIpc) is 2.77. The van der Waals surface area contributed by atoms with Crippen molar-refractivity contribution in [2.75, 3.05) is 13.1 Å². The van der Waals surface area contributed by atoms with Crippen LogP contribution in [-0.4, -0.2) is 35.1 Å². The minimum absolute atomic E-state index is 0.119. The highest BCUT2D eigenvalue weighted by molar-refractivity contribution is 5.91. The zero-order chi connectivity index (χ0) is 11.5. The number of rotatable bonds is 2. The predicted octanol–water partition coefficient (Wildman–Crippen LogP) is 0.335. The van der Waals surface area contributed by atoms with Crippen LogP contribution >= 0.6 is 0 Å². The maximum absolute atomic E-state index is 11.9. The largest absolute Gasteiger partial charge is 0.455 e. The van der Waals surface area contributed by atoms with Gasteiger partial charge >= 0.3 is 0 Å². The minimum atomic E-state index is -0.278. The topological polar surface area (TPSA) is 79.7 Å². The lowest BCUT2D eigenvalue weighted by atomic mass is 10.1. The molecule has 0 aromatic carbocycles. The Labute approximate surface area is 93.8 Å². The first-order chi connectivity index (χ1) is 7.70. The van der Waals surface area contributed by atoms with Crippen LogP contribution in [-0.2, 0) is 6.54 Å². The highest BCUT2D eigenvalue weighted by Crippen LogP contribution is 2.15. The van der Waals surface area contributed by atoms with Gasteiger partial charge in [0.15, 0.2) is 5.76 Å². The molecule has 1 saturated heterocycles. The van der Waals surface area contributed by atoms with Crippen molar-refractivity contribution in [2.45, 2.75) is 25.5 Å². The van der Waals surface area contributed by atoms with Gasteiger partial charge in [-0.1, -0.05) is 0 Å². The van der Waals surface area contributed by atoms with Gasteiger partial charge in [0.1, 0.15) is 5.76 Å². The third kappa shape index (κ3) is 2.25. The Kier molecular flexibility index (Phi) is 3.26. The van der Waals surface area contributed by atoms with E-state index in [1.54, 1.807) is 17.0 Å². The van der Waals surface area contributed by atoms with Gasteiger partial charge < -0.3 is 20.2 Å². The summed E-state index contributed by atoms with van der Waals surface area (Å²) < 4.78 is 5.30. The average molecular weight is 224 g/mol. The summed E-state index contributed by atoms with van der Waals surface area (Å²) in [5, 5.41) is 9.34. The van der Waals surface area contributed by atoms with E-state index in [4.69, 9.17) is 10.2 Å². The van der Waals surface area contributed by atoms with Gasteiger partial charge in [-0.05, 0) is 25.0 Å². The number of carbonyl (C=O) groups is 1. The number of aliphatic hydroxyl groups excluding tert-OH is 1. The highest BCUT2D eigenvalue weighted by atomic mass is 16.4. The van der Waals surface area contributed by atoms with E-state index in [1.807, 2.05) is 0 Å². The smallest absolute Gasteiger partial charge is 0.289 e. The molecule has 0 aliphatic carbocycles. The lowest BCUT2D eigenvalue weighted by Crippen LogP contribution is -2.39. The van der Waals surface area contributed by atoms with Gasteiger partial charge in [0.25, 0.3) is 5.91 Å². The van der Waals surface area contributed by atoms with Crippen molar-refractivity contribution in [3.8, 4) is 0 Å². The van der Waals surface area contributed by atoms with Gasteiger partial charge in [0.05, 0.1) is 12.6 Å². The molecule has 16 heavy (non-hydrogen) atoms. The maximum atomic E-state index is 11.9. The molecule has 0 bridgehead atoms. The van der Waals surface area contributed by atoms with Gasteiger partial charge in [0.2, 0.25) is 0 Å². The third-order valence-corrected chi connectivity index (χ3v) is 2.83. The van der Waals surface area contributed by atoms with E-state index in [9.17, 15) is 9.90 Å². The summed E-state index contributed by atoms with van der Waals surface area (Å²) in [6, 6.07) is 3.36. The molecular formula is C11H16N2O3. The normalized spacial score (nSPS) is 17.8. The van der Waals surface area contributed by atoms with Crippen molar-refractivity contribution < 1.29 is 14.3 Å². The van der Waals surface area contributed by atoms with Gasteiger partial charge in [-0.3, -0.25) is 4.79 Å². The SMILES string of the molecule is NCc1ccc(C(=O)N2CCC(O)CC2)o1. The lowest BCUT2D eigenvalue weighted by molar-refractivity contribution is 0.0518. The van der Waals surface area contributed by atoms with E-state index in [-0.39, 0.29) is 12.0 Å². The number of piperidine rings is 1. The number of likely N-dealkylation sites (tertiary alicyclic amines) is 1. The Hall–Kier alpha value is -1.33. The van der Waals surface area contributed by atoms with Crippen molar-refractivity contribution in [3.05, 3.63) is 23.7 Å². The Balaban J connectivity index is 2.01. The molecule has 2 rings (SSSR count). The molecule has 1 aliphatic heterocycles. The number of aliphatic hydroxyl groups is 1. The van der Waals surface area contributed by atoms with E-state index < -0.39 is 0 Å². The molecule has 2 heterocycles. The standard InChI is InChI=1S/C11H16N2O3/c12-7-9-1-2-10(16-9)11(15)13-5-3-8(14)4-6-13/h1-2,8,14H,3-7,12H2. The van der Waals surface area contributed by atoms with Crippen LogP contribution in [0.4, 0.5) is 0 Å². The fourth-order valence-corrected chi connectivity index (χ4v) is 1.83. The third-order valence-electron chi connectivity index (χ3n) is 2.83. The van der Waals surface area contributed by atoms with Gasteiger partial charge in [-0.15, -0.1) is 0 Å². The second-order valence-corrected chi connectivity index (χ2v) is 3.99. The van der Waals surface area contributed by atoms with Gasteiger partial charge in [0, 0.05) is 13.1 Å². The Morgan fingerprint density at radius 1 is 1.50 bits per heavy atom. The van der Waals surface area contributed by atoms with Crippen LogP contribution in [0.2, 0.25) is 0 Å². The number of amides is 1. The lowest BCUT2D eigenvalue weighted by Gasteiger charge is -2.28. The van der Waals surface area contributed by atoms with E-state index in [0.717, 1.165) is 0 Å². The molecule has 0 unspecified atom stereocenters. The molecule has 3 N–H and O–H groups in total. The Morgan fingerprint density at radius 2 is 2.19 bits per heavy atom. The molecule has 0 radical (unpaired) electrons. The summed E-state index contributed by atoms with van der Waals surface area (Å²) in [4.78, 5) is 13.6. The van der Waals surface area contributed by atoms with Crippen molar-refractivity contribution in [3.63, 3.8) is 0 Å². The molecule has 5 nitrogen and oxygen atoms in total. The zero-order valence-electron chi connectivity index (χ0n) is 9.06. The number of carbonyl (C=O) groups excluding carboxylic acids is 1. The van der Waals surface area contributed by atoms with Crippen molar-refractivity contribution in [2.24, 2.45) is 5.73 Å². The Morgan fingerprint density at radius 3 is 2.75 bits per heavy atom. The van der Waals surface area contributed by atoms with Crippen molar-refractivity contribution >= 4 is 5.91 Å². The molecule has 0 saturated carbocycles. The van der Waals surface area contributed by atoms with Gasteiger partial charge in [-0.25, -0.2) is 0 Å². The summed E-state index contributed by atoms with van der Waals surface area (Å²) in [5.41, 5.74) is 5.41. The van der Waals surface area contributed by atoms with Crippen LogP contribution < -0.4 is 5.73 Å². The van der Waals surface area contributed by atoms with Crippen molar-refractivity contribution in [1.29, 1.82) is 0 Å². The second kappa shape index (κ2) is 4.67. The molecule has 5 heteroatoms. The van der Waals surface area contributed by atoms with Gasteiger partial charge in [-0.2, -0.15) is 0 Å². The second-order valence-electron chi connectivity index (χ2n) is 3.99. The van der Waals surface area contributed by atoms with Crippen LogP contribution in [0.25, 0.3) is 0 Å². The van der Waals surface area contributed by atoms with Crippen LogP contribution in [0.3, 0.4) is 0 Å². The fourth-order valence-electron chi connectivity index (χ4n) is 1.83. The number of furan rings is 1. The summed E-state index contributed by atoms with van der Waals surface area (Å²) in [6.07, 6.45) is 0.993. The fraction of sp³-hybridized carbons (Fsp3) is 0.545. The first kappa shape index (κ1) is 11.2. The summed E-state index contributed by atoms with van der Waals surface area (Å²) in [5.74, 6) is 0.823. The molecule has 0 atom stereocenters. The summed E-state index contributed by atoms with van der Waals surface area (Å²) >= 11 is 0. The highest BCUT2D eigenvalue weighted by Gasteiger charge is 2.24. The summed E-state index contributed by atoms with van der Waals surface area (Å²) in [6.45, 7) is 1.46. The molecular weight excluding hydrogens is 208 g/mol. The maximum Gasteiger partial charge on any atom is 0.289 e. The number of nitrogens with zero attached hydrogens (tertiary/aromatic N) is 1. The molecule has 1 amide bonds. The van der Waals surface area contributed by atoms with E-state index in [1.165, 1.54) is 0 Å². The van der Waals surface area contributed by atoms with Crippen LogP contribution in [0.15, 0.2) is 16.5 Å².